The Balaban J connectivity index is 2.87. The number of hydrogen-bond acceptors (Lipinski definition) is 3. The van der Waals surface area contributed by atoms with Crippen molar-refractivity contribution in [3.05, 3.63) is 29.8 Å². The zero-order valence-electron chi connectivity index (χ0n) is 9.82. The van der Waals surface area contributed by atoms with Crippen molar-refractivity contribution in [1.82, 2.24) is 10.0 Å². The lowest BCUT2D eigenvalue weighted by atomic mass is 10.2. The molecule has 0 aliphatic heterocycles. The molecule has 0 fully saturated rings. The van der Waals surface area contributed by atoms with E-state index < -0.39 is 10.0 Å². The SMILES string of the molecule is CNS(=O)(=O)c1cccc(CNC(C)C)c1. The van der Waals surface area contributed by atoms with E-state index in [9.17, 15) is 8.42 Å². The summed E-state index contributed by atoms with van der Waals surface area (Å²) < 4.78 is 25.4. The van der Waals surface area contributed by atoms with Gasteiger partial charge in [-0.05, 0) is 24.7 Å². The van der Waals surface area contributed by atoms with Crippen LogP contribution in [0.15, 0.2) is 29.2 Å². The van der Waals surface area contributed by atoms with Gasteiger partial charge in [0.2, 0.25) is 10.0 Å². The minimum Gasteiger partial charge on any atom is -0.310 e. The fourth-order valence-corrected chi connectivity index (χ4v) is 2.06. The summed E-state index contributed by atoms with van der Waals surface area (Å²) in [5, 5.41) is 3.24. The fraction of sp³-hybridized carbons (Fsp3) is 0.455. The third kappa shape index (κ3) is 3.59. The molecule has 0 heterocycles. The van der Waals surface area contributed by atoms with Gasteiger partial charge in [-0.2, -0.15) is 0 Å². The van der Waals surface area contributed by atoms with E-state index in [4.69, 9.17) is 0 Å². The van der Waals surface area contributed by atoms with E-state index >= 15 is 0 Å². The largest absolute Gasteiger partial charge is 0.310 e. The van der Waals surface area contributed by atoms with Crippen LogP contribution in [0.3, 0.4) is 0 Å². The molecule has 0 aliphatic carbocycles. The van der Waals surface area contributed by atoms with Gasteiger partial charge in [-0.1, -0.05) is 26.0 Å². The Morgan fingerprint density at radius 1 is 1.31 bits per heavy atom. The second-order valence-corrected chi connectivity index (χ2v) is 5.78. The van der Waals surface area contributed by atoms with E-state index in [1.807, 2.05) is 19.9 Å². The Kier molecular flexibility index (Phi) is 4.46. The summed E-state index contributed by atoms with van der Waals surface area (Å²) in [6, 6.07) is 7.31. The van der Waals surface area contributed by atoms with Crippen LogP contribution in [-0.4, -0.2) is 21.5 Å². The Morgan fingerprint density at radius 3 is 2.56 bits per heavy atom. The van der Waals surface area contributed by atoms with Crippen LogP contribution in [0.2, 0.25) is 0 Å². The molecule has 0 saturated carbocycles. The summed E-state index contributed by atoms with van der Waals surface area (Å²) >= 11 is 0. The molecular formula is C11H18N2O2S. The van der Waals surface area contributed by atoms with Gasteiger partial charge in [0.1, 0.15) is 0 Å². The molecule has 0 atom stereocenters. The lowest BCUT2D eigenvalue weighted by molar-refractivity contribution is 0.583. The van der Waals surface area contributed by atoms with Gasteiger partial charge in [0.15, 0.2) is 0 Å². The molecule has 4 nitrogen and oxygen atoms in total. The Bertz CT molecular complexity index is 441. The first kappa shape index (κ1) is 13.2. The second-order valence-electron chi connectivity index (χ2n) is 3.89. The molecular weight excluding hydrogens is 224 g/mol. The summed E-state index contributed by atoms with van der Waals surface area (Å²) in [5.41, 5.74) is 0.963. The third-order valence-corrected chi connectivity index (χ3v) is 3.60. The van der Waals surface area contributed by atoms with Crippen molar-refractivity contribution in [1.29, 1.82) is 0 Å². The summed E-state index contributed by atoms with van der Waals surface area (Å²) in [5.74, 6) is 0. The van der Waals surface area contributed by atoms with Gasteiger partial charge in [0, 0.05) is 12.6 Å². The topological polar surface area (TPSA) is 58.2 Å². The molecule has 0 aromatic heterocycles. The molecule has 0 spiro atoms. The Morgan fingerprint density at radius 2 is 2.00 bits per heavy atom. The van der Waals surface area contributed by atoms with Gasteiger partial charge in [0.05, 0.1) is 4.90 Å². The molecule has 90 valence electrons. The van der Waals surface area contributed by atoms with E-state index in [0.717, 1.165) is 5.56 Å². The molecule has 0 unspecified atom stereocenters. The van der Waals surface area contributed by atoms with Crippen LogP contribution in [-0.2, 0) is 16.6 Å². The summed E-state index contributed by atoms with van der Waals surface area (Å²) in [6.07, 6.45) is 0. The summed E-state index contributed by atoms with van der Waals surface area (Å²) in [6.45, 7) is 4.77. The van der Waals surface area contributed by atoms with Crippen molar-refractivity contribution in [2.75, 3.05) is 7.05 Å². The van der Waals surface area contributed by atoms with Crippen molar-refractivity contribution < 1.29 is 8.42 Å². The lowest BCUT2D eigenvalue weighted by Crippen LogP contribution is -2.22. The Hall–Kier alpha value is -0.910. The monoisotopic (exact) mass is 242 g/mol. The summed E-state index contributed by atoms with van der Waals surface area (Å²) in [4.78, 5) is 0.304. The summed E-state index contributed by atoms with van der Waals surface area (Å²) in [7, 11) is -1.93. The van der Waals surface area contributed by atoms with Crippen LogP contribution in [0, 0.1) is 0 Å². The first-order valence-electron chi connectivity index (χ1n) is 5.21. The normalized spacial score (nSPS) is 12.0. The smallest absolute Gasteiger partial charge is 0.240 e. The molecule has 16 heavy (non-hydrogen) atoms. The molecule has 0 amide bonds. The molecule has 2 N–H and O–H groups in total. The van der Waals surface area contributed by atoms with Crippen LogP contribution >= 0.6 is 0 Å². The van der Waals surface area contributed by atoms with Gasteiger partial charge in [0.25, 0.3) is 0 Å². The molecule has 1 aromatic rings. The Labute approximate surface area is 97.1 Å². The van der Waals surface area contributed by atoms with Crippen molar-refractivity contribution in [2.45, 2.75) is 31.3 Å². The van der Waals surface area contributed by atoms with E-state index in [2.05, 4.69) is 10.0 Å². The quantitative estimate of drug-likeness (QED) is 0.812. The van der Waals surface area contributed by atoms with Crippen LogP contribution in [0.1, 0.15) is 19.4 Å². The third-order valence-electron chi connectivity index (χ3n) is 2.19. The maximum atomic E-state index is 11.6. The highest BCUT2D eigenvalue weighted by Crippen LogP contribution is 2.10. The molecule has 1 rings (SSSR count). The van der Waals surface area contributed by atoms with Crippen molar-refractivity contribution in [2.24, 2.45) is 0 Å². The first-order valence-corrected chi connectivity index (χ1v) is 6.70. The van der Waals surface area contributed by atoms with Crippen LogP contribution in [0.4, 0.5) is 0 Å². The van der Waals surface area contributed by atoms with Gasteiger partial charge < -0.3 is 5.32 Å². The predicted molar refractivity (Wildman–Crippen MR) is 64.7 cm³/mol. The van der Waals surface area contributed by atoms with Crippen molar-refractivity contribution >= 4 is 10.0 Å². The van der Waals surface area contributed by atoms with E-state index in [0.29, 0.717) is 17.5 Å². The van der Waals surface area contributed by atoms with E-state index in [-0.39, 0.29) is 0 Å². The highest BCUT2D eigenvalue weighted by molar-refractivity contribution is 7.89. The number of benzene rings is 1. The number of hydrogen-bond donors (Lipinski definition) is 2. The molecule has 0 bridgehead atoms. The standard InChI is InChI=1S/C11H18N2O2S/c1-9(2)13-8-10-5-4-6-11(7-10)16(14,15)12-3/h4-7,9,12-13H,8H2,1-3H3. The predicted octanol–water partition coefficient (Wildman–Crippen LogP) is 1.09. The van der Waals surface area contributed by atoms with Crippen molar-refractivity contribution in [3.8, 4) is 0 Å². The molecule has 0 saturated heterocycles. The highest BCUT2D eigenvalue weighted by Gasteiger charge is 2.10. The maximum Gasteiger partial charge on any atom is 0.240 e. The van der Waals surface area contributed by atoms with Gasteiger partial charge in [-0.25, -0.2) is 13.1 Å². The minimum atomic E-state index is -3.34. The van der Waals surface area contributed by atoms with E-state index in [1.54, 1.807) is 18.2 Å². The number of rotatable bonds is 5. The van der Waals surface area contributed by atoms with Gasteiger partial charge in [-0.3, -0.25) is 0 Å². The number of sulfonamides is 1. The van der Waals surface area contributed by atoms with Crippen LogP contribution in [0.5, 0.6) is 0 Å². The fourth-order valence-electron chi connectivity index (χ4n) is 1.26. The lowest BCUT2D eigenvalue weighted by Gasteiger charge is -2.09. The highest BCUT2D eigenvalue weighted by atomic mass is 32.2. The second kappa shape index (κ2) is 5.43. The average molecular weight is 242 g/mol. The number of nitrogens with one attached hydrogen (secondary N) is 2. The van der Waals surface area contributed by atoms with Crippen molar-refractivity contribution in [3.63, 3.8) is 0 Å². The average Bonchev–Trinajstić information content (AvgIpc) is 2.27. The zero-order valence-corrected chi connectivity index (χ0v) is 10.6. The molecule has 0 aliphatic rings. The minimum absolute atomic E-state index is 0.304. The van der Waals surface area contributed by atoms with Gasteiger partial charge in [-0.15, -0.1) is 0 Å². The van der Waals surface area contributed by atoms with Gasteiger partial charge >= 0.3 is 0 Å². The molecule has 1 aromatic carbocycles. The maximum absolute atomic E-state index is 11.6. The molecule has 0 radical (unpaired) electrons. The molecule has 5 heteroatoms. The zero-order chi connectivity index (χ0) is 12.2. The van der Waals surface area contributed by atoms with E-state index in [1.165, 1.54) is 7.05 Å². The van der Waals surface area contributed by atoms with Crippen LogP contribution < -0.4 is 10.0 Å². The van der Waals surface area contributed by atoms with Crippen LogP contribution in [0.25, 0.3) is 0 Å². The first-order chi connectivity index (χ1) is 7.45.